The van der Waals surface area contributed by atoms with Crippen LogP contribution < -0.4 is 10.6 Å². The minimum absolute atomic E-state index is 0. The van der Waals surface area contributed by atoms with Crippen LogP contribution in [-0.4, -0.2) is 32.0 Å². The molecule has 0 bridgehead atoms. The smallest absolute Gasteiger partial charge is 0.191 e. The first-order chi connectivity index (χ1) is 11.6. The second kappa shape index (κ2) is 11.0. The molecule has 0 saturated carbocycles. The molecule has 0 atom stereocenters. The molecule has 4 nitrogen and oxygen atoms in total. The van der Waals surface area contributed by atoms with Crippen molar-refractivity contribution in [3.63, 3.8) is 0 Å². The number of guanidine groups is 1. The lowest BCUT2D eigenvalue weighted by Gasteiger charge is -2.16. The van der Waals surface area contributed by atoms with Gasteiger partial charge in [-0.2, -0.15) is 0 Å². The molecule has 2 N–H and O–H groups in total. The summed E-state index contributed by atoms with van der Waals surface area (Å²) < 4.78 is 13.7. The van der Waals surface area contributed by atoms with Gasteiger partial charge in [-0.1, -0.05) is 42.5 Å². The number of nitrogens with one attached hydrogen (secondary N) is 2. The summed E-state index contributed by atoms with van der Waals surface area (Å²) in [7, 11) is 5.82. The molecule has 0 aliphatic carbocycles. The third-order valence-corrected chi connectivity index (χ3v) is 3.68. The Kier molecular flexibility index (Phi) is 9.44. The molecule has 2 rings (SSSR count). The van der Waals surface area contributed by atoms with Gasteiger partial charge in [-0.15, -0.1) is 24.0 Å². The molecule has 0 unspecified atom stereocenters. The molecule has 0 fully saturated rings. The van der Waals surface area contributed by atoms with E-state index in [1.807, 2.05) is 18.2 Å². The van der Waals surface area contributed by atoms with Crippen molar-refractivity contribution in [3.8, 4) is 0 Å². The summed E-state index contributed by atoms with van der Waals surface area (Å²) in [5, 5.41) is 6.43. The molecule has 0 spiro atoms. The van der Waals surface area contributed by atoms with E-state index in [9.17, 15) is 4.39 Å². The molecular formula is C19H26FIN4. The first kappa shape index (κ1) is 21.4. The average Bonchev–Trinajstić information content (AvgIpc) is 2.57. The maximum absolute atomic E-state index is 13.7. The quantitative estimate of drug-likeness (QED) is 0.398. The third-order valence-electron chi connectivity index (χ3n) is 3.68. The van der Waals surface area contributed by atoms with Crippen LogP contribution in [0, 0.1) is 5.82 Å². The van der Waals surface area contributed by atoms with Crippen LogP contribution >= 0.6 is 24.0 Å². The molecule has 0 aliphatic heterocycles. The van der Waals surface area contributed by atoms with Gasteiger partial charge in [-0.3, -0.25) is 4.99 Å². The first-order valence-corrected chi connectivity index (χ1v) is 7.99. The SMILES string of the molecule is CN=C(NCc1ccccc1F)NCc1ccccc1CN(C)C.I. The number of halogens is 2. The van der Waals surface area contributed by atoms with Gasteiger partial charge < -0.3 is 15.5 Å². The molecule has 0 aromatic heterocycles. The lowest BCUT2D eigenvalue weighted by Crippen LogP contribution is -2.36. The Bertz CT molecular complexity index is 689. The fraction of sp³-hybridized carbons (Fsp3) is 0.316. The van der Waals surface area contributed by atoms with E-state index in [1.54, 1.807) is 19.2 Å². The molecule has 0 aliphatic rings. The van der Waals surface area contributed by atoms with Crippen LogP contribution in [-0.2, 0) is 19.6 Å². The van der Waals surface area contributed by atoms with E-state index in [4.69, 9.17) is 0 Å². The maximum atomic E-state index is 13.7. The first-order valence-electron chi connectivity index (χ1n) is 7.99. The normalized spacial score (nSPS) is 11.2. The number of hydrogen-bond donors (Lipinski definition) is 2. The van der Waals surface area contributed by atoms with Gasteiger partial charge in [-0.25, -0.2) is 4.39 Å². The van der Waals surface area contributed by atoms with Crippen molar-refractivity contribution in [2.45, 2.75) is 19.6 Å². The highest BCUT2D eigenvalue weighted by molar-refractivity contribution is 14.0. The van der Waals surface area contributed by atoms with E-state index < -0.39 is 0 Å². The average molecular weight is 456 g/mol. The minimum atomic E-state index is -0.211. The number of hydrogen-bond acceptors (Lipinski definition) is 2. The van der Waals surface area contributed by atoms with Crippen molar-refractivity contribution in [1.29, 1.82) is 0 Å². The number of nitrogens with zero attached hydrogens (tertiary/aromatic N) is 2. The largest absolute Gasteiger partial charge is 0.352 e. The molecule has 136 valence electrons. The molecule has 0 heterocycles. The molecule has 6 heteroatoms. The summed E-state index contributed by atoms with van der Waals surface area (Å²) in [6.45, 7) is 1.95. The summed E-state index contributed by atoms with van der Waals surface area (Å²) in [5.74, 6) is 0.440. The predicted octanol–water partition coefficient (Wildman–Crippen LogP) is 3.37. The van der Waals surface area contributed by atoms with Crippen LogP contribution in [0.2, 0.25) is 0 Å². The number of benzene rings is 2. The van der Waals surface area contributed by atoms with Gasteiger partial charge in [0.25, 0.3) is 0 Å². The van der Waals surface area contributed by atoms with Crippen LogP contribution in [0.5, 0.6) is 0 Å². The number of aliphatic imine (C=N–C) groups is 1. The van der Waals surface area contributed by atoms with Crippen LogP contribution in [0.4, 0.5) is 4.39 Å². The summed E-state index contributed by atoms with van der Waals surface area (Å²) in [4.78, 5) is 6.34. The summed E-state index contributed by atoms with van der Waals surface area (Å²) in [6, 6.07) is 15.1. The van der Waals surface area contributed by atoms with Crippen molar-refractivity contribution in [2.75, 3.05) is 21.1 Å². The van der Waals surface area contributed by atoms with Gasteiger partial charge in [0.2, 0.25) is 0 Å². The lowest BCUT2D eigenvalue weighted by atomic mass is 10.1. The van der Waals surface area contributed by atoms with Crippen LogP contribution in [0.3, 0.4) is 0 Å². The Morgan fingerprint density at radius 2 is 1.44 bits per heavy atom. The highest BCUT2D eigenvalue weighted by Crippen LogP contribution is 2.10. The van der Waals surface area contributed by atoms with E-state index in [0.29, 0.717) is 24.6 Å². The van der Waals surface area contributed by atoms with Gasteiger partial charge in [0.15, 0.2) is 5.96 Å². The Morgan fingerprint density at radius 1 is 0.920 bits per heavy atom. The monoisotopic (exact) mass is 456 g/mol. The van der Waals surface area contributed by atoms with Gasteiger partial charge in [0.1, 0.15) is 5.82 Å². The van der Waals surface area contributed by atoms with Gasteiger partial charge in [-0.05, 0) is 31.3 Å². The van der Waals surface area contributed by atoms with Crippen molar-refractivity contribution in [1.82, 2.24) is 15.5 Å². The van der Waals surface area contributed by atoms with Crippen LogP contribution in [0.25, 0.3) is 0 Å². The maximum Gasteiger partial charge on any atom is 0.191 e. The highest BCUT2D eigenvalue weighted by Gasteiger charge is 2.05. The summed E-state index contributed by atoms with van der Waals surface area (Å²) in [5.41, 5.74) is 3.12. The fourth-order valence-electron chi connectivity index (χ4n) is 2.45. The Labute approximate surface area is 166 Å². The van der Waals surface area contributed by atoms with Crippen LogP contribution in [0.1, 0.15) is 16.7 Å². The summed E-state index contributed by atoms with van der Waals surface area (Å²) in [6.07, 6.45) is 0. The lowest BCUT2D eigenvalue weighted by molar-refractivity contribution is 0.400. The van der Waals surface area contributed by atoms with E-state index in [0.717, 1.165) is 6.54 Å². The topological polar surface area (TPSA) is 39.7 Å². The molecule has 2 aromatic carbocycles. The van der Waals surface area contributed by atoms with E-state index >= 15 is 0 Å². The molecule has 25 heavy (non-hydrogen) atoms. The van der Waals surface area contributed by atoms with Gasteiger partial charge in [0.05, 0.1) is 0 Å². The summed E-state index contributed by atoms with van der Waals surface area (Å²) >= 11 is 0. The Morgan fingerprint density at radius 3 is 2.00 bits per heavy atom. The second-order valence-corrected chi connectivity index (χ2v) is 5.88. The fourth-order valence-corrected chi connectivity index (χ4v) is 2.45. The van der Waals surface area contributed by atoms with Crippen LogP contribution in [0.15, 0.2) is 53.5 Å². The molecule has 0 radical (unpaired) electrons. The molecule has 2 aromatic rings. The van der Waals surface area contributed by atoms with Crippen molar-refractivity contribution >= 4 is 29.9 Å². The van der Waals surface area contributed by atoms with E-state index in [1.165, 1.54) is 17.2 Å². The standard InChI is InChI=1S/C19H25FN4.HI/c1-21-19(23-13-16-9-6-7-11-18(16)20)22-12-15-8-4-5-10-17(15)14-24(2)3;/h4-11H,12-14H2,1-3H3,(H2,21,22,23);1H. The zero-order valence-electron chi connectivity index (χ0n) is 14.9. The van der Waals surface area contributed by atoms with Gasteiger partial charge >= 0.3 is 0 Å². The third kappa shape index (κ3) is 6.99. The molecule has 0 amide bonds. The molecule has 0 saturated heterocycles. The zero-order valence-corrected chi connectivity index (χ0v) is 17.3. The number of rotatable bonds is 6. The predicted molar refractivity (Wildman–Crippen MR) is 113 cm³/mol. The van der Waals surface area contributed by atoms with Crippen molar-refractivity contribution in [3.05, 3.63) is 71.0 Å². The van der Waals surface area contributed by atoms with Crippen molar-refractivity contribution in [2.24, 2.45) is 4.99 Å². The Hall–Kier alpha value is -1.67. The van der Waals surface area contributed by atoms with Crippen molar-refractivity contribution < 1.29 is 4.39 Å². The minimum Gasteiger partial charge on any atom is -0.352 e. The van der Waals surface area contributed by atoms with E-state index in [2.05, 4.69) is 46.8 Å². The van der Waals surface area contributed by atoms with Gasteiger partial charge in [0, 0.05) is 32.2 Å². The van der Waals surface area contributed by atoms with E-state index in [-0.39, 0.29) is 29.8 Å². The second-order valence-electron chi connectivity index (χ2n) is 5.88. The zero-order chi connectivity index (χ0) is 17.4. The highest BCUT2D eigenvalue weighted by atomic mass is 127. The molecular weight excluding hydrogens is 430 g/mol. The Balaban J connectivity index is 0.00000312.